The van der Waals surface area contributed by atoms with Crippen molar-refractivity contribution < 1.29 is 23.1 Å². The van der Waals surface area contributed by atoms with E-state index in [4.69, 9.17) is 10.5 Å². The summed E-state index contributed by atoms with van der Waals surface area (Å²) < 4.78 is 33.0. The molecule has 0 heterocycles. The quantitative estimate of drug-likeness (QED) is 0.410. The number of hydrogen-bond acceptors (Lipinski definition) is 4. The van der Waals surface area contributed by atoms with Crippen molar-refractivity contribution in [3.8, 4) is 5.75 Å². The van der Waals surface area contributed by atoms with E-state index in [2.05, 4.69) is 24.2 Å². The van der Waals surface area contributed by atoms with E-state index in [1.165, 1.54) is 13.5 Å². The number of hydrogen-bond donors (Lipinski definition) is 2. The molecule has 0 spiro atoms. The van der Waals surface area contributed by atoms with Gasteiger partial charge in [0.15, 0.2) is 11.7 Å². The molecule has 0 aliphatic heterocycles. The SMILES string of the molecule is COc1cc(F)c(CC(=O)NC(N)=N[C@H](CC2CCCCC2)C(=O)CCC(C)C)c(F)c1. The molecule has 0 aromatic heterocycles. The Labute approximate surface area is 189 Å². The Kier molecular flexibility index (Phi) is 10.1. The Morgan fingerprint density at radius 3 is 2.38 bits per heavy atom. The highest BCUT2D eigenvalue weighted by Crippen LogP contribution is 2.29. The van der Waals surface area contributed by atoms with Crippen LogP contribution in [0, 0.1) is 23.5 Å². The molecule has 0 radical (unpaired) electrons. The van der Waals surface area contributed by atoms with E-state index in [0.717, 1.165) is 44.2 Å². The van der Waals surface area contributed by atoms with Crippen LogP contribution in [0.25, 0.3) is 0 Å². The molecule has 32 heavy (non-hydrogen) atoms. The summed E-state index contributed by atoms with van der Waals surface area (Å²) in [6.45, 7) is 4.11. The first-order valence-electron chi connectivity index (χ1n) is 11.4. The van der Waals surface area contributed by atoms with Gasteiger partial charge in [-0.2, -0.15) is 0 Å². The average molecular weight is 452 g/mol. The average Bonchev–Trinajstić information content (AvgIpc) is 2.74. The van der Waals surface area contributed by atoms with Crippen LogP contribution in [-0.4, -0.2) is 30.8 Å². The molecular weight excluding hydrogens is 416 g/mol. The van der Waals surface area contributed by atoms with E-state index in [-0.39, 0.29) is 23.1 Å². The van der Waals surface area contributed by atoms with Gasteiger partial charge in [0, 0.05) is 24.1 Å². The maximum Gasteiger partial charge on any atom is 0.231 e. The molecule has 0 saturated heterocycles. The number of carbonyl (C=O) groups is 2. The smallest absolute Gasteiger partial charge is 0.231 e. The first-order chi connectivity index (χ1) is 15.2. The van der Waals surface area contributed by atoms with Gasteiger partial charge in [-0.15, -0.1) is 0 Å². The standard InChI is InChI=1S/C24H35F2N3O3/c1-15(2)9-10-22(30)21(11-16-7-5-4-6-8-16)28-24(27)29-23(31)14-18-19(25)12-17(32-3)13-20(18)26/h12-13,15-16,21H,4-11,14H2,1-3H3,(H3,27,28,29,31)/t21-/m1/s1. The van der Waals surface area contributed by atoms with E-state index >= 15 is 0 Å². The largest absolute Gasteiger partial charge is 0.497 e. The van der Waals surface area contributed by atoms with Crippen LogP contribution in [-0.2, 0) is 16.0 Å². The summed E-state index contributed by atoms with van der Waals surface area (Å²) in [5.41, 5.74) is 5.52. The zero-order chi connectivity index (χ0) is 23.7. The van der Waals surface area contributed by atoms with Crippen LogP contribution < -0.4 is 15.8 Å². The predicted molar refractivity (Wildman–Crippen MR) is 120 cm³/mol. The normalized spacial score (nSPS) is 16.1. The van der Waals surface area contributed by atoms with Gasteiger partial charge in [-0.25, -0.2) is 13.8 Å². The minimum atomic E-state index is -0.883. The monoisotopic (exact) mass is 451 g/mol. The van der Waals surface area contributed by atoms with Crippen molar-refractivity contribution in [3.63, 3.8) is 0 Å². The number of benzene rings is 1. The van der Waals surface area contributed by atoms with E-state index < -0.39 is 30.0 Å². The van der Waals surface area contributed by atoms with E-state index in [1.54, 1.807) is 0 Å². The minimum absolute atomic E-state index is 0.00807. The van der Waals surface area contributed by atoms with Crippen LogP contribution in [0.4, 0.5) is 8.78 Å². The molecule has 1 aromatic rings. The highest BCUT2D eigenvalue weighted by atomic mass is 19.1. The number of ketones is 1. The lowest BCUT2D eigenvalue weighted by atomic mass is 9.83. The molecule has 178 valence electrons. The second-order valence-corrected chi connectivity index (χ2v) is 8.96. The Bertz CT molecular complexity index is 798. The summed E-state index contributed by atoms with van der Waals surface area (Å²) in [4.78, 5) is 29.4. The maximum atomic E-state index is 14.1. The Morgan fingerprint density at radius 1 is 1.19 bits per heavy atom. The van der Waals surface area contributed by atoms with Crippen molar-refractivity contribution >= 4 is 17.6 Å². The van der Waals surface area contributed by atoms with Crippen LogP contribution >= 0.6 is 0 Å². The number of Topliss-reactive ketones (excluding diaryl/α,β-unsaturated/α-hetero) is 1. The van der Waals surface area contributed by atoms with Gasteiger partial charge in [-0.3, -0.25) is 14.9 Å². The first-order valence-corrected chi connectivity index (χ1v) is 11.4. The van der Waals surface area contributed by atoms with Gasteiger partial charge in [-0.05, 0) is 24.7 Å². The number of carbonyl (C=O) groups excluding carboxylic acids is 2. The van der Waals surface area contributed by atoms with Crippen molar-refractivity contribution in [1.82, 2.24) is 5.32 Å². The van der Waals surface area contributed by atoms with E-state index in [0.29, 0.717) is 24.7 Å². The van der Waals surface area contributed by atoms with Crippen LogP contribution in [0.5, 0.6) is 5.75 Å². The molecule has 0 bridgehead atoms. The number of nitrogens with two attached hydrogens (primary N) is 1. The summed E-state index contributed by atoms with van der Waals surface area (Å²) in [6.07, 6.45) is 6.85. The molecule has 1 amide bonds. The summed E-state index contributed by atoms with van der Waals surface area (Å²) in [5, 5.41) is 2.37. The lowest BCUT2D eigenvalue weighted by molar-refractivity contribution is -0.121. The zero-order valence-corrected chi connectivity index (χ0v) is 19.3. The van der Waals surface area contributed by atoms with Crippen molar-refractivity contribution in [3.05, 3.63) is 29.3 Å². The maximum absolute atomic E-state index is 14.1. The van der Waals surface area contributed by atoms with Crippen LogP contribution in [0.1, 0.15) is 70.8 Å². The molecule has 1 atom stereocenters. The third kappa shape index (κ3) is 8.20. The van der Waals surface area contributed by atoms with Gasteiger partial charge >= 0.3 is 0 Å². The Hall–Kier alpha value is -2.51. The third-order valence-corrected chi connectivity index (χ3v) is 5.87. The molecule has 1 aromatic carbocycles. The number of nitrogens with one attached hydrogen (secondary N) is 1. The number of rotatable bonds is 10. The number of aliphatic imine (C=N–C) groups is 1. The Balaban J connectivity index is 2.06. The van der Waals surface area contributed by atoms with Crippen molar-refractivity contribution in [1.29, 1.82) is 0 Å². The van der Waals surface area contributed by atoms with Crippen molar-refractivity contribution in [2.75, 3.05) is 7.11 Å². The van der Waals surface area contributed by atoms with Gasteiger partial charge in [0.25, 0.3) is 0 Å². The van der Waals surface area contributed by atoms with E-state index in [9.17, 15) is 18.4 Å². The highest BCUT2D eigenvalue weighted by Gasteiger charge is 2.25. The lowest BCUT2D eigenvalue weighted by Gasteiger charge is -2.24. The van der Waals surface area contributed by atoms with Crippen molar-refractivity contribution in [2.24, 2.45) is 22.6 Å². The molecule has 8 heteroatoms. The molecular formula is C24H35F2N3O3. The summed E-state index contributed by atoms with van der Waals surface area (Å²) in [7, 11) is 1.30. The molecule has 1 saturated carbocycles. The molecule has 2 rings (SSSR count). The molecule has 1 aliphatic rings. The number of halogens is 2. The summed E-state index contributed by atoms with van der Waals surface area (Å²) in [6, 6.07) is 1.40. The Morgan fingerprint density at radius 2 is 1.81 bits per heavy atom. The van der Waals surface area contributed by atoms with Crippen LogP contribution in [0.2, 0.25) is 0 Å². The number of amides is 1. The van der Waals surface area contributed by atoms with Gasteiger partial charge in [0.1, 0.15) is 23.4 Å². The topological polar surface area (TPSA) is 93.8 Å². The number of nitrogens with zero attached hydrogens (tertiary/aromatic N) is 1. The second kappa shape index (κ2) is 12.5. The van der Waals surface area contributed by atoms with Crippen molar-refractivity contribution in [2.45, 2.75) is 77.7 Å². The number of methoxy groups -OCH3 is 1. The van der Waals surface area contributed by atoms with Gasteiger partial charge < -0.3 is 10.5 Å². The van der Waals surface area contributed by atoms with Crippen LogP contribution in [0.15, 0.2) is 17.1 Å². The lowest BCUT2D eigenvalue weighted by Crippen LogP contribution is -2.40. The molecule has 6 nitrogen and oxygen atoms in total. The fraction of sp³-hybridized carbons (Fsp3) is 0.625. The van der Waals surface area contributed by atoms with Crippen LogP contribution in [0.3, 0.4) is 0 Å². The molecule has 0 unspecified atom stereocenters. The van der Waals surface area contributed by atoms with Gasteiger partial charge in [0.2, 0.25) is 5.91 Å². The van der Waals surface area contributed by atoms with E-state index in [1.807, 2.05) is 0 Å². The highest BCUT2D eigenvalue weighted by molar-refractivity contribution is 5.98. The fourth-order valence-corrected chi connectivity index (χ4v) is 4.01. The zero-order valence-electron chi connectivity index (χ0n) is 19.3. The minimum Gasteiger partial charge on any atom is -0.497 e. The number of guanidine groups is 1. The summed E-state index contributed by atoms with van der Waals surface area (Å²) >= 11 is 0. The van der Waals surface area contributed by atoms with Gasteiger partial charge in [-0.1, -0.05) is 46.0 Å². The second-order valence-electron chi connectivity index (χ2n) is 8.96. The first kappa shape index (κ1) is 25.7. The number of ether oxygens (including phenoxy) is 1. The fourth-order valence-electron chi connectivity index (χ4n) is 4.01. The molecule has 3 N–H and O–H groups in total. The predicted octanol–water partition coefficient (Wildman–Crippen LogP) is 4.29. The molecule has 1 aliphatic carbocycles. The summed E-state index contributed by atoms with van der Waals surface area (Å²) in [5.74, 6) is -1.85. The van der Waals surface area contributed by atoms with Gasteiger partial charge in [0.05, 0.1) is 13.5 Å². The third-order valence-electron chi connectivity index (χ3n) is 5.87. The molecule has 1 fully saturated rings.